The molecule has 0 aliphatic carbocycles. The molecular formula is C11H18OS2. The maximum absolute atomic E-state index is 11.8. The summed E-state index contributed by atoms with van der Waals surface area (Å²) in [6, 6.07) is 0. The molecule has 3 atom stereocenters. The van der Waals surface area contributed by atoms with Gasteiger partial charge in [0.1, 0.15) is 0 Å². The zero-order chi connectivity index (χ0) is 10.7. The number of ketones is 1. The van der Waals surface area contributed by atoms with Crippen LogP contribution in [0.25, 0.3) is 0 Å². The molecule has 0 saturated carbocycles. The maximum Gasteiger partial charge on any atom is 0.169 e. The minimum atomic E-state index is 0.182. The molecule has 1 rings (SSSR count). The summed E-state index contributed by atoms with van der Waals surface area (Å²) in [5.74, 6) is 1.26. The van der Waals surface area contributed by atoms with E-state index in [2.05, 4.69) is 13.8 Å². The largest absolute Gasteiger partial charge is 0.294 e. The van der Waals surface area contributed by atoms with Gasteiger partial charge >= 0.3 is 0 Å². The summed E-state index contributed by atoms with van der Waals surface area (Å²) in [5, 5.41) is 1.45. The van der Waals surface area contributed by atoms with Crippen LogP contribution in [-0.4, -0.2) is 27.3 Å². The second kappa shape index (κ2) is 5.26. The zero-order valence-corrected chi connectivity index (χ0v) is 10.9. The molecule has 1 heterocycles. The van der Waals surface area contributed by atoms with Crippen molar-refractivity contribution < 1.29 is 4.79 Å². The minimum absolute atomic E-state index is 0.182. The van der Waals surface area contributed by atoms with E-state index in [9.17, 15) is 4.79 Å². The number of carbonyl (C=O) groups is 1. The van der Waals surface area contributed by atoms with Crippen LogP contribution in [0.15, 0.2) is 11.6 Å². The molecule has 1 aliphatic heterocycles. The van der Waals surface area contributed by atoms with E-state index in [1.165, 1.54) is 0 Å². The van der Waals surface area contributed by atoms with Crippen molar-refractivity contribution >= 4 is 29.3 Å². The Morgan fingerprint density at radius 2 is 1.93 bits per heavy atom. The number of allylic oxidation sites excluding steroid dienone is 2. The molecule has 80 valence electrons. The molecule has 0 aromatic rings. The predicted octanol–water partition coefficient (Wildman–Crippen LogP) is 3.15. The van der Waals surface area contributed by atoms with E-state index in [1.54, 1.807) is 6.08 Å². The van der Waals surface area contributed by atoms with Gasteiger partial charge in [0.2, 0.25) is 0 Å². The number of thioether (sulfide) groups is 2. The van der Waals surface area contributed by atoms with E-state index in [-0.39, 0.29) is 5.25 Å². The van der Waals surface area contributed by atoms with Crippen LogP contribution in [-0.2, 0) is 4.79 Å². The van der Waals surface area contributed by atoms with Crippen LogP contribution in [0.5, 0.6) is 0 Å². The Bertz CT molecular complexity index is 244. The summed E-state index contributed by atoms with van der Waals surface area (Å²) in [6.07, 6.45) is 1.78. The van der Waals surface area contributed by atoms with E-state index < -0.39 is 0 Å². The molecule has 1 nitrogen and oxygen atoms in total. The van der Waals surface area contributed by atoms with Gasteiger partial charge in [0.25, 0.3) is 0 Å². The van der Waals surface area contributed by atoms with Crippen LogP contribution in [0.4, 0.5) is 0 Å². The van der Waals surface area contributed by atoms with Crippen LogP contribution in [0.3, 0.4) is 0 Å². The van der Waals surface area contributed by atoms with Gasteiger partial charge < -0.3 is 0 Å². The van der Waals surface area contributed by atoms with Crippen molar-refractivity contribution in [3.05, 3.63) is 11.6 Å². The second-order valence-corrected chi connectivity index (χ2v) is 6.99. The van der Waals surface area contributed by atoms with Crippen LogP contribution in [0.2, 0.25) is 0 Å². The molecule has 0 radical (unpaired) electrons. The van der Waals surface area contributed by atoms with Gasteiger partial charge in [0.05, 0.1) is 5.25 Å². The fourth-order valence-electron chi connectivity index (χ4n) is 1.31. The van der Waals surface area contributed by atoms with E-state index in [1.807, 2.05) is 37.4 Å². The van der Waals surface area contributed by atoms with Gasteiger partial charge in [-0.3, -0.25) is 4.79 Å². The molecular weight excluding hydrogens is 212 g/mol. The molecule has 3 unspecified atom stereocenters. The summed E-state index contributed by atoms with van der Waals surface area (Å²) in [6.45, 7) is 8.41. The number of rotatable bonds is 2. The van der Waals surface area contributed by atoms with Crippen molar-refractivity contribution in [2.24, 2.45) is 0 Å². The average molecular weight is 230 g/mol. The highest BCUT2D eigenvalue weighted by atomic mass is 32.2. The molecule has 1 aliphatic rings. The van der Waals surface area contributed by atoms with Crippen molar-refractivity contribution in [1.29, 1.82) is 0 Å². The van der Waals surface area contributed by atoms with E-state index >= 15 is 0 Å². The average Bonchev–Trinajstić information content (AvgIpc) is 2.08. The fourth-order valence-corrected chi connectivity index (χ4v) is 4.14. The Hall–Kier alpha value is 0.110. The van der Waals surface area contributed by atoms with Gasteiger partial charge in [0, 0.05) is 16.3 Å². The normalized spacial score (nSPS) is 32.4. The Morgan fingerprint density at radius 1 is 1.29 bits per heavy atom. The summed E-state index contributed by atoms with van der Waals surface area (Å²) in [4.78, 5) is 11.8. The van der Waals surface area contributed by atoms with Crippen molar-refractivity contribution in [3.63, 3.8) is 0 Å². The molecule has 0 bridgehead atoms. The number of carbonyl (C=O) groups excluding carboxylic acids is 1. The monoisotopic (exact) mass is 230 g/mol. The van der Waals surface area contributed by atoms with Crippen molar-refractivity contribution in [2.45, 2.75) is 43.4 Å². The third-order valence-corrected chi connectivity index (χ3v) is 5.71. The van der Waals surface area contributed by atoms with E-state index in [0.717, 1.165) is 11.3 Å². The summed E-state index contributed by atoms with van der Waals surface area (Å²) in [7, 11) is 0. The third-order valence-electron chi connectivity index (χ3n) is 2.30. The maximum atomic E-state index is 11.8. The van der Waals surface area contributed by atoms with Gasteiger partial charge in [-0.05, 0) is 19.9 Å². The quantitative estimate of drug-likeness (QED) is 0.678. The zero-order valence-electron chi connectivity index (χ0n) is 9.24. The standard InChI is InChI=1S/C11H18OS2/c1-7(2)5-10(12)11-6-13-8(3)9(4)14-11/h5,8-9,11H,6H2,1-4H3. The topological polar surface area (TPSA) is 17.1 Å². The molecule has 0 spiro atoms. The lowest BCUT2D eigenvalue weighted by molar-refractivity contribution is -0.113. The summed E-state index contributed by atoms with van der Waals surface area (Å²) < 4.78 is 0. The first kappa shape index (κ1) is 12.2. The second-order valence-electron chi connectivity index (χ2n) is 3.99. The molecule has 0 aromatic carbocycles. The first-order valence-electron chi connectivity index (χ1n) is 4.96. The molecule has 0 amide bonds. The highest BCUT2D eigenvalue weighted by molar-refractivity contribution is 8.08. The van der Waals surface area contributed by atoms with Crippen LogP contribution in [0.1, 0.15) is 27.7 Å². The molecule has 14 heavy (non-hydrogen) atoms. The summed E-state index contributed by atoms with van der Waals surface area (Å²) in [5.41, 5.74) is 1.10. The molecule has 0 N–H and O–H groups in total. The van der Waals surface area contributed by atoms with Gasteiger partial charge in [-0.1, -0.05) is 19.4 Å². The van der Waals surface area contributed by atoms with Crippen LogP contribution in [0, 0.1) is 0 Å². The Labute approximate surface area is 95.1 Å². The van der Waals surface area contributed by atoms with Gasteiger partial charge in [-0.15, -0.1) is 11.8 Å². The van der Waals surface area contributed by atoms with Crippen LogP contribution >= 0.6 is 23.5 Å². The van der Waals surface area contributed by atoms with Gasteiger partial charge in [0.15, 0.2) is 5.78 Å². The highest BCUT2D eigenvalue weighted by Crippen LogP contribution is 2.36. The van der Waals surface area contributed by atoms with Crippen molar-refractivity contribution in [1.82, 2.24) is 0 Å². The SMILES string of the molecule is CC(C)=CC(=O)C1CSC(C)C(C)S1. The molecule has 1 saturated heterocycles. The minimum Gasteiger partial charge on any atom is -0.294 e. The number of hydrogen-bond donors (Lipinski definition) is 0. The van der Waals surface area contributed by atoms with E-state index in [4.69, 9.17) is 0 Å². The smallest absolute Gasteiger partial charge is 0.169 e. The van der Waals surface area contributed by atoms with Crippen molar-refractivity contribution in [3.8, 4) is 0 Å². The highest BCUT2D eigenvalue weighted by Gasteiger charge is 2.28. The van der Waals surface area contributed by atoms with Gasteiger partial charge in [-0.25, -0.2) is 0 Å². The van der Waals surface area contributed by atoms with E-state index in [0.29, 0.717) is 16.3 Å². The molecule has 1 fully saturated rings. The lowest BCUT2D eigenvalue weighted by atomic mass is 10.2. The lowest BCUT2D eigenvalue weighted by Gasteiger charge is -2.29. The van der Waals surface area contributed by atoms with Gasteiger partial charge in [-0.2, -0.15) is 11.8 Å². The molecule has 3 heteroatoms. The fraction of sp³-hybridized carbons (Fsp3) is 0.727. The predicted molar refractivity (Wildman–Crippen MR) is 67.2 cm³/mol. The Balaban J connectivity index is 2.55. The first-order chi connectivity index (χ1) is 6.50. The summed E-state index contributed by atoms with van der Waals surface area (Å²) >= 11 is 3.75. The number of hydrogen-bond acceptors (Lipinski definition) is 3. The lowest BCUT2D eigenvalue weighted by Crippen LogP contribution is -2.30. The molecule has 0 aromatic heterocycles. The Morgan fingerprint density at radius 3 is 2.43 bits per heavy atom. The first-order valence-corrected chi connectivity index (χ1v) is 6.95. The van der Waals surface area contributed by atoms with Crippen molar-refractivity contribution in [2.75, 3.05) is 5.75 Å². The Kier molecular flexibility index (Phi) is 4.58. The third kappa shape index (κ3) is 3.35. The van der Waals surface area contributed by atoms with Crippen LogP contribution < -0.4 is 0 Å².